The van der Waals surface area contributed by atoms with Gasteiger partial charge in [-0.2, -0.15) is 0 Å². The Morgan fingerprint density at radius 2 is 0.860 bits per heavy atom. The van der Waals surface area contributed by atoms with E-state index in [1.807, 2.05) is 13.0 Å². The molecule has 0 spiro atoms. The molecular formula is C69H119N5O33. The maximum Gasteiger partial charge on any atom is 0.370 e. The van der Waals surface area contributed by atoms with Gasteiger partial charge in [0.05, 0.1) is 81.0 Å². The van der Waals surface area contributed by atoms with Crippen molar-refractivity contribution >= 4 is 35.6 Å². The van der Waals surface area contributed by atoms with Crippen LogP contribution in [0.15, 0.2) is 71.2 Å². The Morgan fingerprint density at radius 3 is 1.21 bits per heavy atom. The third-order valence-corrected chi connectivity index (χ3v) is 19.4. The number of carboxylic acid groups (broad SMARTS) is 5. The molecular weight excluding hydrogens is 1430 g/mol. The van der Waals surface area contributed by atoms with Crippen molar-refractivity contribution < 1.29 is 164 Å². The van der Waals surface area contributed by atoms with E-state index in [1.165, 1.54) is 26.0 Å². The van der Waals surface area contributed by atoms with E-state index in [-0.39, 0.29) is 77.4 Å². The van der Waals surface area contributed by atoms with E-state index >= 15 is 0 Å². The Bertz CT molecular complexity index is 2840. The Hall–Kier alpha value is -6.42. The number of ether oxygens (including phenoxy) is 6. The number of nitrogens with two attached hydrogens (primary N) is 4. The molecule has 4 heterocycles. The van der Waals surface area contributed by atoms with Crippen molar-refractivity contribution in [3.05, 3.63) is 71.2 Å². The highest BCUT2D eigenvalue weighted by molar-refractivity contribution is 5.93. The quantitative estimate of drug-likeness (QED) is 0.0348. The molecule has 107 heavy (non-hydrogen) atoms. The zero-order valence-electron chi connectivity index (χ0n) is 62.0. The van der Waals surface area contributed by atoms with Crippen molar-refractivity contribution in [3.8, 4) is 0 Å². The summed E-state index contributed by atoms with van der Waals surface area (Å²) in [6.07, 6.45) is -8.91. The highest BCUT2D eigenvalue weighted by atomic mass is 16.7. The second-order valence-electron chi connectivity index (χ2n) is 27.2. The fraction of sp³-hybridized carbons (Fsp3) is 0.739. The van der Waals surface area contributed by atoms with Crippen molar-refractivity contribution in [2.24, 2.45) is 58.4 Å². The van der Waals surface area contributed by atoms with Crippen molar-refractivity contribution in [3.63, 3.8) is 0 Å². The van der Waals surface area contributed by atoms with Gasteiger partial charge in [0.1, 0.15) is 73.2 Å². The number of ketones is 1. The van der Waals surface area contributed by atoms with Gasteiger partial charge in [-0.25, -0.2) is 24.0 Å². The average Bonchev–Trinajstić information content (AvgIpc) is 0.764. The Labute approximate surface area is 620 Å². The summed E-state index contributed by atoms with van der Waals surface area (Å²) < 4.78 is 32.0. The highest BCUT2D eigenvalue weighted by Crippen LogP contribution is 2.36. The molecule has 2 aliphatic carbocycles. The molecule has 38 heteroatoms. The minimum atomic E-state index is -3.10. The minimum Gasteiger partial charge on any atom is -0.480 e. The third kappa shape index (κ3) is 28.4. The average molecular weight is 1550 g/mol. The van der Waals surface area contributed by atoms with Crippen LogP contribution >= 0.6 is 0 Å². The largest absolute Gasteiger partial charge is 0.480 e. The molecule has 0 aromatic rings. The Balaban J connectivity index is 0.000000643. The van der Waals surface area contributed by atoms with E-state index in [0.29, 0.717) is 18.4 Å². The zero-order valence-corrected chi connectivity index (χ0v) is 62.0. The van der Waals surface area contributed by atoms with Crippen molar-refractivity contribution in [1.29, 1.82) is 0 Å². The summed E-state index contributed by atoms with van der Waals surface area (Å²) >= 11 is 0. The number of hydrogen-bond donors (Lipinski definition) is 26. The predicted molar refractivity (Wildman–Crippen MR) is 375 cm³/mol. The number of nitrogens with one attached hydrogen (secondary N) is 1. The summed E-state index contributed by atoms with van der Waals surface area (Å²) in [5.41, 5.74) is 24.4. The predicted octanol–water partition coefficient (Wildman–Crippen LogP) is -5.20. The van der Waals surface area contributed by atoms with Gasteiger partial charge in [0.25, 0.3) is 5.79 Å². The number of Topliss-reactive ketones (excluding diaryl/α,β-unsaturated/α-hetero) is 1. The molecule has 0 aromatic carbocycles. The van der Waals surface area contributed by atoms with Crippen LogP contribution in [0.2, 0.25) is 0 Å². The van der Waals surface area contributed by atoms with E-state index in [2.05, 4.69) is 46.5 Å². The fourth-order valence-corrected chi connectivity index (χ4v) is 11.7. The summed E-state index contributed by atoms with van der Waals surface area (Å²) in [7, 11) is 0. The topological polar surface area (TPSA) is 699 Å². The molecule has 0 bridgehead atoms. The van der Waals surface area contributed by atoms with Gasteiger partial charge >= 0.3 is 29.8 Å². The molecule has 0 aromatic heterocycles. The second kappa shape index (κ2) is 46.3. The first-order chi connectivity index (χ1) is 49.7. The lowest BCUT2D eigenvalue weighted by Crippen LogP contribution is -2.67. The van der Waals surface area contributed by atoms with Gasteiger partial charge in [-0.3, -0.25) is 4.79 Å². The van der Waals surface area contributed by atoms with Crippen LogP contribution in [0.25, 0.3) is 0 Å². The van der Waals surface area contributed by atoms with Crippen LogP contribution in [-0.2, 0) is 57.2 Å². The van der Waals surface area contributed by atoms with Crippen molar-refractivity contribution in [2.75, 3.05) is 26.4 Å². The molecule has 38 nitrogen and oxygen atoms in total. The SMILES string of the molecule is C=C(N)N[C@@H]1C=C(C(=O)O)OC([C@H](O)[C@H](O)CO)[C@@H]1C.CCC(CC)O[C@@H]1C=C(C(=O)O)C[C@H](N)[C@H]1C.CCC(CC)O[C@@H]1C=C(C(C)=O)C[C@H](N)[C@H]1C.C[C@H]1C([C@H](O)[C@H](O)CO)OC(C(=O)O)=C[C@H]1N.C[C@H]1C([C@H](O)[C@H](O)CO)OC(C(=O)O)=C[C@H]1O.C[C@H]1C([C@H](O)[C@H](O)CO)O[C@](O)(C(=O)O)C(O)[C@H]1O. The van der Waals surface area contributed by atoms with E-state index < -0.39 is 189 Å². The Morgan fingerprint density at radius 1 is 0.514 bits per heavy atom. The number of hydrogen-bond acceptors (Lipinski definition) is 33. The fourth-order valence-electron chi connectivity index (χ4n) is 11.7. The van der Waals surface area contributed by atoms with Crippen LogP contribution in [0.4, 0.5) is 0 Å². The van der Waals surface area contributed by atoms with Gasteiger partial charge < -0.3 is 164 Å². The maximum absolute atomic E-state index is 11.4. The van der Waals surface area contributed by atoms with Gasteiger partial charge in [-0.1, -0.05) is 75.8 Å². The minimum absolute atomic E-state index is 0.0115. The second-order valence-corrected chi connectivity index (χ2v) is 27.2. The van der Waals surface area contributed by atoms with Crippen molar-refractivity contribution in [1.82, 2.24) is 5.32 Å². The first-order valence-corrected chi connectivity index (χ1v) is 35.0. The molecule has 0 amide bonds. The number of aliphatic carboxylic acids is 5. The van der Waals surface area contributed by atoms with E-state index in [4.69, 9.17) is 97.3 Å². The lowest BCUT2D eigenvalue weighted by atomic mass is 9.83. The number of carbonyl (C=O) groups excluding carboxylic acids is 1. The normalized spacial score (nSPS) is 32.5. The number of aliphatic hydroxyl groups excluding tert-OH is 15. The van der Waals surface area contributed by atoms with Crippen LogP contribution in [0.3, 0.4) is 0 Å². The van der Waals surface area contributed by atoms with E-state index in [1.54, 1.807) is 26.8 Å². The zero-order chi connectivity index (χ0) is 82.7. The highest BCUT2D eigenvalue weighted by Gasteiger charge is 2.59. The molecule has 30 N–H and O–H groups in total. The smallest absolute Gasteiger partial charge is 0.370 e. The number of rotatable bonds is 28. The van der Waals surface area contributed by atoms with Crippen LogP contribution < -0.4 is 28.3 Å². The third-order valence-electron chi connectivity index (χ3n) is 19.4. The van der Waals surface area contributed by atoms with Gasteiger partial charge in [0.15, 0.2) is 5.78 Å². The van der Waals surface area contributed by atoms with Gasteiger partial charge in [-0.05, 0) is 81.4 Å². The van der Waals surface area contributed by atoms with Crippen LogP contribution in [0, 0.1) is 35.5 Å². The molecule has 4 aliphatic heterocycles. The lowest BCUT2D eigenvalue weighted by molar-refractivity contribution is -0.339. The molecule has 0 radical (unpaired) electrons. The van der Waals surface area contributed by atoms with Crippen molar-refractivity contribution in [2.45, 2.75) is 261 Å². The summed E-state index contributed by atoms with van der Waals surface area (Å²) in [5, 5.41) is 197. The lowest BCUT2D eigenvalue weighted by Gasteiger charge is -2.46. The Kier molecular flexibility index (Phi) is 42.7. The number of aliphatic hydroxyl groups is 16. The van der Waals surface area contributed by atoms with Crippen LogP contribution in [0.1, 0.15) is 115 Å². The van der Waals surface area contributed by atoms with Gasteiger partial charge in [0.2, 0.25) is 17.3 Å². The molecule has 1 saturated heterocycles. The van der Waals surface area contributed by atoms with Crippen LogP contribution in [-0.4, -0.2) is 315 Å². The monoisotopic (exact) mass is 1550 g/mol. The molecule has 28 atom stereocenters. The maximum atomic E-state index is 11.4. The molecule has 0 saturated carbocycles. The van der Waals surface area contributed by atoms with Gasteiger partial charge in [0, 0.05) is 59.2 Å². The molecule has 1 fully saturated rings. The first-order valence-electron chi connectivity index (χ1n) is 35.0. The molecule has 618 valence electrons. The number of carboxylic acids is 5. The summed E-state index contributed by atoms with van der Waals surface area (Å²) in [6, 6.07) is -1.23. The molecule has 6 rings (SSSR count). The summed E-state index contributed by atoms with van der Waals surface area (Å²) in [6.45, 7) is 21.0. The van der Waals surface area contributed by atoms with E-state index in [9.17, 15) is 90.0 Å². The number of carbonyl (C=O) groups is 6. The van der Waals surface area contributed by atoms with E-state index in [0.717, 1.165) is 37.3 Å². The summed E-state index contributed by atoms with van der Waals surface area (Å²) in [4.78, 5) is 65.9. The molecule has 6 aliphatic rings. The standard InChI is InChI=1S/C14H25NO2.C13H23NO3.C12H20N2O6.C10H17NO6.C10H18O9.C10H16O7/c1-5-12(6-2)17-14-8-11(10(4)16)7-13(15)9(14)3;1-4-10(5-2)17-12-7-9(13(15)16)6-11(14)8(12)3;1-5-7(14-6(2)13)3-9(12(18)19)20-11(5)10(17)8(16)4-15;1-4-5(11)2-7(10(15)16)17-9(4)8(14)6(13)3-12;1-3-5(13)8(15)10(18,9(16)17)19-7(3)6(14)4(12)2-11;1-4-5(12)2-7(10(15)16)17-9(4)8(14)6(13)3-11/h8-9,12-14H,5-7,15H2,1-4H3;7-8,10-12H,4-6,14H2,1-3H3,(H,15,16);3,5,7-8,10-11,14-17H,2,4,13H2,1H3,(H,18,19);2,4-6,8-9,12-14H,3,11H2,1H3,(H,15,16);3-8,11-15,18H,2H2,1H3,(H,16,17);2,4-6,8-9,11-14H,3H2,1H3,(H,15,16)/t9-,13+,14-;8-,11+,12-;5-,7-,8-,10-,11?;4-,5-,6-,8-,9?;3-,4-,5+,6-,7?,8?,10+;4-,5-,6-,8-,9?/m111111/s1. The van der Waals surface area contributed by atoms with Gasteiger partial charge in [-0.15, -0.1) is 0 Å². The summed E-state index contributed by atoms with van der Waals surface area (Å²) in [5.74, 6) is -12.8. The first kappa shape index (κ1) is 98.6. The van der Waals surface area contributed by atoms with Crippen LogP contribution in [0.5, 0.6) is 0 Å². The molecule has 5 unspecified atom stereocenters.